The molecule has 3 aliphatic carbocycles. The summed E-state index contributed by atoms with van der Waals surface area (Å²) in [6, 6.07) is 4.86. The Bertz CT molecular complexity index is 816. The van der Waals surface area contributed by atoms with Gasteiger partial charge in [-0.15, -0.1) is 0 Å². The van der Waals surface area contributed by atoms with Gasteiger partial charge in [-0.2, -0.15) is 0 Å². The average Bonchev–Trinajstić information content (AvgIpc) is 3.42. The number of hydrogen-bond acceptors (Lipinski definition) is 4. The molecule has 4 nitrogen and oxygen atoms in total. The van der Waals surface area contributed by atoms with Crippen LogP contribution in [-0.2, 0) is 16.6 Å². The molecule has 2 heterocycles. The first-order valence-electron chi connectivity index (χ1n) is 10.8. The lowest BCUT2D eigenvalue weighted by Gasteiger charge is -2.60. The molecule has 0 radical (unpaired) electrons. The minimum absolute atomic E-state index is 0.113. The van der Waals surface area contributed by atoms with E-state index in [2.05, 4.69) is 17.9 Å². The lowest BCUT2D eigenvalue weighted by molar-refractivity contribution is -0.145. The first-order valence-corrected chi connectivity index (χ1v) is 10.8. The molecule has 1 aromatic carbocycles. The summed E-state index contributed by atoms with van der Waals surface area (Å²) in [6.45, 7) is 4.64. The molecule has 4 heteroatoms. The highest BCUT2D eigenvalue weighted by Gasteiger charge is 2.68. The smallest absolute Gasteiger partial charge is 0.174 e. The van der Waals surface area contributed by atoms with Gasteiger partial charge in [0, 0.05) is 30.0 Å². The Morgan fingerprint density at radius 2 is 2.15 bits per heavy atom. The maximum atomic E-state index is 13.2. The molecule has 27 heavy (non-hydrogen) atoms. The van der Waals surface area contributed by atoms with Crippen molar-refractivity contribution in [2.75, 3.05) is 20.2 Å². The van der Waals surface area contributed by atoms with Crippen molar-refractivity contribution in [1.82, 2.24) is 4.90 Å². The van der Waals surface area contributed by atoms with E-state index < -0.39 is 0 Å². The van der Waals surface area contributed by atoms with Crippen LogP contribution in [0, 0.1) is 17.8 Å². The predicted molar refractivity (Wildman–Crippen MR) is 102 cm³/mol. The summed E-state index contributed by atoms with van der Waals surface area (Å²) in [5.74, 6) is 3.93. The van der Waals surface area contributed by atoms with Gasteiger partial charge in [-0.05, 0) is 61.6 Å². The molecule has 3 fully saturated rings. The van der Waals surface area contributed by atoms with Gasteiger partial charge in [0.25, 0.3) is 0 Å². The Kier molecular flexibility index (Phi) is 3.34. The molecule has 0 N–H and O–H groups in total. The topological polar surface area (TPSA) is 38.8 Å². The monoisotopic (exact) mass is 367 g/mol. The Labute approximate surface area is 161 Å². The molecule has 1 spiro atoms. The summed E-state index contributed by atoms with van der Waals surface area (Å²) in [6.07, 6.45) is 6.45. The van der Waals surface area contributed by atoms with Crippen molar-refractivity contribution < 1.29 is 14.3 Å². The van der Waals surface area contributed by atoms with E-state index in [1.807, 2.05) is 6.07 Å². The van der Waals surface area contributed by atoms with Crippen LogP contribution in [0.3, 0.4) is 0 Å². The van der Waals surface area contributed by atoms with Gasteiger partial charge < -0.3 is 9.47 Å². The third-order valence-corrected chi connectivity index (χ3v) is 8.29. The van der Waals surface area contributed by atoms with Crippen molar-refractivity contribution in [3.8, 4) is 11.5 Å². The number of Topliss-reactive ketones (excluding diaryl/α,β-unsaturated/α-hetero) is 1. The second kappa shape index (κ2) is 5.50. The number of benzene rings is 1. The molecule has 1 aromatic rings. The second-order valence-electron chi connectivity index (χ2n) is 9.49. The van der Waals surface area contributed by atoms with Gasteiger partial charge in [0.05, 0.1) is 7.11 Å². The highest BCUT2D eigenvalue weighted by atomic mass is 16.5. The number of nitrogens with zero attached hydrogens (tertiary/aromatic N) is 1. The Hall–Kier alpha value is -1.55. The van der Waals surface area contributed by atoms with Gasteiger partial charge >= 0.3 is 0 Å². The SMILES string of the molecule is CCC1CC(=O)C2Oc3c(OC)ccc4c3[C@@]23CCN(CC2CC2)[C@H](C4)[C@H]13. The van der Waals surface area contributed by atoms with Crippen LogP contribution >= 0.6 is 0 Å². The van der Waals surface area contributed by atoms with E-state index in [1.54, 1.807) is 7.11 Å². The van der Waals surface area contributed by atoms with Crippen LogP contribution in [0.1, 0.15) is 50.2 Å². The first kappa shape index (κ1) is 16.4. The van der Waals surface area contributed by atoms with Crippen LogP contribution in [0.15, 0.2) is 12.1 Å². The van der Waals surface area contributed by atoms with Crippen molar-refractivity contribution >= 4 is 5.78 Å². The summed E-state index contributed by atoms with van der Waals surface area (Å²) >= 11 is 0. The molecule has 2 saturated carbocycles. The summed E-state index contributed by atoms with van der Waals surface area (Å²) in [5.41, 5.74) is 2.63. The van der Waals surface area contributed by atoms with Gasteiger partial charge in [0.2, 0.25) is 0 Å². The largest absolute Gasteiger partial charge is 0.493 e. The van der Waals surface area contributed by atoms with Crippen LogP contribution in [0.25, 0.3) is 0 Å². The number of likely N-dealkylation sites (tertiary alicyclic amines) is 1. The molecule has 6 rings (SSSR count). The molecular formula is C23H29NO3. The number of carbonyl (C=O) groups is 1. The van der Waals surface area contributed by atoms with Gasteiger partial charge in [0.1, 0.15) is 0 Å². The standard InChI is InChI=1S/C23H29NO3/c1-3-14-11-17(25)22-23-8-9-24(12-13-4-5-13)16(19(14)23)10-15-6-7-18(26-2)21(27-22)20(15)23/h6-7,13-14,16,19,22H,3-5,8-12H2,1-2H3/t14?,16-,19+,22?,23+/m1/s1. The van der Waals surface area contributed by atoms with E-state index in [-0.39, 0.29) is 11.5 Å². The molecule has 2 unspecified atom stereocenters. The minimum Gasteiger partial charge on any atom is -0.493 e. The van der Waals surface area contributed by atoms with Crippen molar-refractivity contribution in [2.45, 2.75) is 63.0 Å². The summed E-state index contributed by atoms with van der Waals surface area (Å²) < 4.78 is 12.1. The summed E-state index contributed by atoms with van der Waals surface area (Å²) in [7, 11) is 1.71. The number of carbonyl (C=O) groups excluding carboxylic acids is 1. The number of ether oxygens (including phenoxy) is 2. The average molecular weight is 367 g/mol. The lowest BCUT2D eigenvalue weighted by Crippen LogP contribution is -2.68. The predicted octanol–water partition coefficient (Wildman–Crippen LogP) is 3.35. The second-order valence-corrected chi connectivity index (χ2v) is 9.49. The zero-order valence-corrected chi connectivity index (χ0v) is 16.4. The van der Waals surface area contributed by atoms with Gasteiger partial charge in [-0.1, -0.05) is 19.4 Å². The molecule has 5 aliphatic rings. The number of methoxy groups -OCH3 is 1. The summed E-state index contributed by atoms with van der Waals surface area (Å²) in [4.78, 5) is 16.0. The maximum Gasteiger partial charge on any atom is 0.174 e. The fraction of sp³-hybridized carbons (Fsp3) is 0.696. The highest BCUT2D eigenvalue weighted by Crippen LogP contribution is 2.64. The van der Waals surface area contributed by atoms with Crippen molar-refractivity contribution in [1.29, 1.82) is 0 Å². The molecule has 2 aliphatic heterocycles. The fourth-order valence-corrected chi connectivity index (χ4v) is 7.06. The Morgan fingerprint density at radius 3 is 2.89 bits per heavy atom. The van der Waals surface area contributed by atoms with Crippen LogP contribution in [0.4, 0.5) is 0 Å². The highest BCUT2D eigenvalue weighted by molar-refractivity contribution is 5.89. The van der Waals surface area contributed by atoms with E-state index in [4.69, 9.17) is 9.47 Å². The zero-order valence-electron chi connectivity index (χ0n) is 16.4. The number of piperidine rings is 1. The molecule has 1 saturated heterocycles. The van der Waals surface area contributed by atoms with Gasteiger partial charge in [-0.25, -0.2) is 0 Å². The van der Waals surface area contributed by atoms with E-state index in [0.717, 1.165) is 43.2 Å². The van der Waals surface area contributed by atoms with E-state index in [1.165, 1.54) is 30.5 Å². The van der Waals surface area contributed by atoms with Gasteiger partial charge in [-0.3, -0.25) is 9.69 Å². The molecule has 5 atom stereocenters. The molecular weight excluding hydrogens is 338 g/mol. The van der Waals surface area contributed by atoms with E-state index in [9.17, 15) is 4.79 Å². The minimum atomic E-state index is -0.291. The third-order valence-electron chi connectivity index (χ3n) is 8.29. The molecule has 144 valence electrons. The van der Waals surface area contributed by atoms with Crippen molar-refractivity contribution in [2.24, 2.45) is 17.8 Å². The maximum absolute atomic E-state index is 13.2. The molecule has 2 bridgehead atoms. The van der Waals surface area contributed by atoms with Gasteiger partial charge in [0.15, 0.2) is 23.4 Å². The molecule has 0 aromatic heterocycles. The third kappa shape index (κ3) is 2.00. The summed E-state index contributed by atoms with van der Waals surface area (Å²) in [5, 5.41) is 0. The fourth-order valence-electron chi connectivity index (χ4n) is 7.06. The van der Waals surface area contributed by atoms with Crippen molar-refractivity contribution in [3.05, 3.63) is 23.3 Å². The normalized spacial score (nSPS) is 39.1. The van der Waals surface area contributed by atoms with E-state index >= 15 is 0 Å². The Morgan fingerprint density at radius 1 is 1.30 bits per heavy atom. The van der Waals surface area contributed by atoms with Crippen LogP contribution in [0.5, 0.6) is 11.5 Å². The quantitative estimate of drug-likeness (QED) is 0.818. The molecule has 0 amide bonds. The number of ketones is 1. The van der Waals surface area contributed by atoms with Crippen LogP contribution in [0.2, 0.25) is 0 Å². The zero-order chi connectivity index (χ0) is 18.3. The van der Waals surface area contributed by atoms with Crippen LogP contribution < -0.4 is 9.47 Å². The number of hydrogen-bond donors (Lipinski definition) is 0. The Balaban J connectivity index is 1.55. The lowest BCUT2D eigenvalue weighted by atomic mass is 9.48. The number of rotatable bonds is 4. The van der Waals surface area contributed by atoms with E-state index in [0.29, 0.717) is 30.1 Å². The van der Waals surface area contributed by atoms with Crippen LogP contribution in [-0.4, -0.2) is 43.0 Å². The van der Waals surface area contributed by atoms with Crippen molar-refractivity contribution in [3.63, 3.8) is 0 Å². The first-order chi connectivity index (χ1) is 13.2.